The maximum absolute atomic E-state index is 14.0. The molecule has 0 spiro atoms. The highest BCUT2D eigenvalue weighted by molar-refractivity contribution is 6.12. The van der Waals surface area contributed by atoms with Crippen molar-refractivity contribution in [2.45, 2.75) is 33.1 Å². The number of carbonyl (C=O) groups excluding carboxylic acids is 1. The first kappa shape index (κ1) is 23.5. The molecule has 0 saturated heterocycles. The standard InChI is InChI=1S/C31H29NO4/c1-17-12-23(13-18(2)28(17)33)31(24-14-19(3)29(34)20(4)15-24)26-11-8-22(16-27(26)32-30(31)35)21-6-9-25(36-5)10-7-21/h6-16,33-34H,1-5H3,(H,32,35). The number of aryl methyl sites for hydroxylation is 4. The Morgan fingerprint density at radius 2 is 1.17 bits per heavy atom. The first-order chi connectivity index (χ1) is 17.2. The summed E-state index contributed by atoms with van der Waals surface area (Å²) in [4.78, 5) is 14.0. The van der Waals surface area contributed by atoms with E-state index in [2.05, 4.69) is 5.32 Å². The zero-order valence-corrected chi connectivity index (χ0v) is 21.1. The zero-order chi connectivity index (χ0) is 25.8. The van der Waals surface area contributed by atoms with Crippen molar-refractivity contribution in [3.8, 4) is 28.4 Å². The van der Waals surface area contributed by atoms with Gasteiger partial charge in [0.05, 0.1) is 7.11 Å². The van der Waals surface area contributed by atoms with Crippen LogP contribution in [0.2, 0.25) is 0 Å². The van der Waals surface area contributed by atoms with Gasteiger partial charge in [0.1, 0.15) is 22.7 Å². The van der Waals surface area contributed by atoms with E-state index in [4.69, 9.17) is 4.74 Å². The number of carbonyl (C=O) groups is 1. The molecule has 1 aliphatic rings. The molecule has 1 amide bonds. The van der Waals surface area contributed by atoms with Gasteiger partial charge < -0.3 is 20.3 Å². The van der Waals surface area contributed by atoms with Crippen LogP contribution < -0.4 is 10.1 Å². The number of hydrogen-bond donors (Lipinski definition) is 3. The zero-order valence-electron chi connectivity index (χ0n) is 21.1. The number of anilines is 1. The van der Waals surface area contributed by atoms with Gasteiger partial charge in [-0.1, -0.05) is 48.5 Å². The first-order valence-corrected chi connectivity index (χ1v) is 11.9. The van der Waals surface area contributed by atoms with Gasteiger partial charge >= 0.3 is 0 Å². The summed E-state index contributed by atoms with van der Waals surface area (Å²) in [5.74, 6) is 1.06. The number of methoxy groups -OCH3 is 1. The van der Waals surface area contributed by atoms with Crippen molar-refractivity contribution in [1.29, 1.82) is 0 Å². The van der Waals surface area contributed by atoms with Crippen molar-refractivity contribution in [2.75, 3.05) is 12.4 Å². The van der Waals surface area contributed by atoms with E-state index in [9.17, 15) is 15.0 Å². The minimum atomic E-state index is -1.14. The molecule has 36 heavy (non-hydrogen) atoms. The van der Waals surface area contributed by atoms with E-state index < -0.39 is 5.41 Å². The molecule has 4 aromatic rings. The highest BCUT2D eigenvalue weighted by Gasteiger charge is 2.50. The van der Waals surface area contributed by atoms with Crippen LogP contribution in [-0.2, 0) is 10.2 Å². The second-order valence-corrected chi connectivity index (χ2v) is 9.61. The molecule has 0 unspecified atom stereocenters. The average molecular weight is 480 g/mol. The SMILES string of the molecule is COc1ccc(-c2ccc3c(c2)NC(=O)C3(c2cc(C)c(O)c(C)c2)c2cc(C)c(O)c(C)c2)cc1. The maximum Gasteiger partial charge on any atom is 0.244 e. The lowest BCUT2D eigenvalue weighted by Gasteiger charge is -2.31. The third-order valence-electron chi connectivity index (χ3n) is 7.28. The number of nitrogens with one attached hydrogen (secondary N) is 1. The lowest BCUT2D eigenvalue weighted by molar-refractivity contribution is -0.118. The Hall–Kier alpha value is -4.25. The minimum absolute atomic E-state index is 0.168. The topological polar surface area (TPSA) is 78.8 Å². The van der Waals surface area contributed by atoms with Crippen LogP contribution >= 0.6 is 0 Å². The third kappa shape index (κ3) is 3.42. The number of amides is 1. The average Bonchev–Trinajstić information content (AvgIpc) is 3.16. The number of fused-ring (bicyclic) bond motifs is 1. The number of phenolic OH excluding ortho intramolecular Hbond substituents is 2. The van der Waals surface area contributed by atoms with Crippen molar-refractivity contribution in [1.82, 2.24) is 0 Å². The van der Waals surface area contributed by atoms with E-state index in [0.29, 0.717) is 22.3 Å². The van der Waals surface area contributed by atoms with Crippen molar-refractivity contribution < 1.29 is 19.7 Å². The van der Waals surface area contributed by atoms with Crippen LogP contribution in [0.1, 0.15) is 38.9 Å². The summed E-state index contributed by atoms with van der Waals surface area (Å²) in [7, 11) is 1.64. The van der Waals surface area contributed by atoms with Gasteiger partial charge in [0.25, 0.3) is 0 Å². The van der Waals surface area contributed by atoms with Crippen molar-refractivity contribution in [3.63, 3.8) is 0 Å². The summed E-state index contributed by atoms with van der Waals surface area (Å²) in [6.45, 7) is 7.36. The van der Waals surface area contributed by atoms with E-state index in [-0.39, 0.29) is 17.4 Å². The van der Waals surface area contributed by atoms with Crippen LogP contribution in [0.4, 0.5) is 5.69 Å². The number of rotatable bonds is 4. The third-order valence-corrected chi connectivity index (χ3v) is 7.28. The first-order valence-electron chi connectivity index (χ1n) is 11.9. The van der Waals surface area contributed by atoms with Gasteiger partial charge in [-0.3, -0.25) is 4.79 Å². The van der Waals surface area contributed by atoms with E-state index in [1.807, 2.05) is 94.4 Å². The smallest absolute Gasteiger partial charge is 0.244 e. The lowest BCUT2D eigenvalue weighted by atomic mass is 9.68. The van der Waals surface area contributed by atoms with Crippen LogP contribution in [0.5, 0.6) is 17.2 Å². The highest BCUT2D eigenvalue weighted by Crippen LogP contribution is 2.50. The summed E-state index contributed by atoms with van der Waals surface area (Å²) in [6, 6.07) is 21.4. The van der Waals surface area contributed by atoms with Crippen molar-refractivity contribution in [2.24, 2.45) is 0 Å². The van der Waals surface area contributed by atoms with Gasteiger partial charge in [0.2, 0.25) is 5.91 Å². The molecule has 4 aromatic carbocycles. The molecule has 0 bridgehead atoms. The van der Waals surface area contributed by atoms with E-state index >= 15 is 0 Å². The molecule has 5 nitrogen and oxygen atoms in total. The molecular weight excluding hydrogens is 450 g/mol. The summed E-state index contributed by atoms with van der Waals surface area (Å²) in [5.41, 5.74) is 6.77. The number of phenols is 2. The van der Waals surface area contributed by atoms with Crippen molar-refractivity contribution in [3.05, 3.63) is 106 Å². The number of aromatic hydroxyl groups is 2. The van der Waals surface area contributed by atoms with Gasteiger partial charge in [-0.15, -0.1) is 0 Å². The summed E-state index contributed by atoms with van der Waals surface area (Å²) < 4.78 is 5.28. The van der Waals surface area contributed by atoms with Gasteiger partial charge in [-0.2, -0.15) is 0 Å². The number of benzene rings is 4. The summed E-state index contributed by atoms with van der Waals surface area (Å²) >= 11 is 0. The Morgan fingerprint density at radius 3 is 1.64 bits per heavy atom. The van der Waals surface area contributed by atoms with E-state index in [0.717, 1.165) is 39.3 Å². The fraction of sp³-hybridized carbons (Fsp3) is 0.194. The molecule has 3 N–H and O–H groups in total. The second-order valence-electron chi connectivity index (χ2n) is 9.61. The highest BCUT2D eigenvalue weighted by atomic mass is 16.5. The Morgan fingerprint density at radius 1 is 0.694 bits per heavy atom. The van der Waals surface area contributed by atoms with Crippen LogP contribution in [0.3, 0.4) is 0 Å². The maximum atomic E-state index is 14.0. The Bertz CT molecular complexity index is 1420. The fourth-order valence-electron chi connectivity index (χ4n) is 5.36. The Labute approximate surface area is 211 Å². The molecule has 0 aromatic heterocycles. The van der Waals surface area contributed by atoms with E-state index in [1.165, 1.54) is 0 Å². The molecule has 0 fully saturated rings. The van der Waals surface area contributed by atoms with Crippen LogP contribution in [-0.4, -0.2) is 23.2 Å². The predicted octanol–water partition coefficient (Wildman–Crippen LogP) is 6.29. The predicted molar refractivity (Wildman–Crippen MR) is 142 cm³/mol. The van der Waals surface area contributed by atoms with Crippen LogP contribution in [0.15, 0.2) is 66.7 Å². The van der Waals surface area contributed by atoms with Gasteiger partial charge in [0, 0.05) is 11.3 Å². The van der Waals surface area contributed by atoms with Crippen molar-refractivity contribution >= 4 is 11.6 Å². The Kier molecular flexibility index (Phi) is 5.51. The second kappa shape index (κ2) is 8.45. The molecule has 5 rings (SSSR count). The molecule has 182 valence electrons. The van der Waals surface area contributed by atoms with Crippen LogP contribution in [0.25, 0.3) is 11.1 Å². The molecule has 0 aliphatic carbocycles. The minimum Gasteiger partial charge on any atom is -0.507 e. The molecule has 0 atom stereocenters. The molecule has 5 heteroatoms. The molecule has 0 radical (unpaired) electrons. The fourth-order valence-corrected chi connectivity index (χ4v) is 5.36. The summed E-state index contributed by atoms with van der Waals surface area (Å²) in [5, 5.41) is 24.1. The Balaban J connectivity index is 1.78. The van der Waals surface area contributed by atoms with Gasteiger partial charge in [-0.25, -0.2) is 0 Å². The quantitative estimate of drug-likeness (QED) is 0.321. The monoisotopic (exact) mass is 479 g/mol. The van der Waals surface area contributed by atoms with Gasteiger partial charge in [0.15, 0.2) is 0 Å². The van der Waals surface area contributed by atoms with Gasteiger partial charge in [-0.05, 0) is 90.4 Å². The molecular formula is C31H29NO4. The summed E-state index contributed by atoms with van der Waals surface area (Å²) in [6.07, 6.45) is 0. The van der Waals surface area contributed by atoms with Crippen LogP contribution in [0, 0.1) is 27.7 Å². The normalized spacial score (nSPS) is 13.9. The molecule has 0 saturated carbocycles. The number of hydrogen-bond acceptors (Lipinski definition) is 4. The molecule has 1 heterocycles. The number of ether oxygens (including phenoxy) is 1. The van der Waals surface area contributed by atoms with E-state index in [1.54, 1.807) is 7.11 Å². The molecule has 1 aliphatic heterocycles. The largest absolute Gasteiger partial charge is 0.507 e. The lowest BCUT2D eigenvalue weighted by Crippen LogP contribution is -2.37.